The molecule has 0 fully saturated rings. The number of ether oxygens (including phenoxy) is 2. The van der Waals surface area contributed by atoms with E-state index < -0.39 is 5.82 Å². The lowest BCUT2D eigenvalue weighted by atomic mass is 10.3. The Bertz CT molecular complexity index is 374. The number of hydrogen-bond acceptors (Lipinski definition) is 3. The normalized spacial score (nSPS) is 11.0. The molecule has 0 saturated heterocycles. The smallest absolute Gasteiger partial charge is 0.142 e. The number of benzene rings is 1. The molecule has 0 aliphatic heterocycles. The van der Waals surface area contributed by atoms with E-state index in [0.717, 1.165) is 26.1 Å². The van der Waals surface area contributed by atoms with Crippen molar-refractivity contribution < 1.29 is 13.9 Å². The second-order valence-corrected chi connectivity index (χ2v) is 4.85. The van der Waals surface area contributed by atoms with Gasteiger partial charge in [0.15, 0.2) is 0 Å². The molecule has 0 bridgehead atoms. The van der Waals surface area contributed by atoms with E-state index in [4.69, 9.17) is 21.1 Å². The first kappa shape index (κ1) is 16.2. The van der Waals surface area contributed by atoms with Crippen LogP contribution in [0.3, 0.4) is 0 Å². The lowest BCUT2D eigenvalue weighted by molar-refractivity contribution is 0.0770. The third kappa shape index (κ3) is 7.35. The fourth-order valence-corrected chi connectivity index (χ4v) is 1.62. The number of hydrogen-bond donors (Lipinski definition) is 1. The quantitative estimate of drug-likeness (QED) is 0.708. The van der Waals surface area contributed by atoms with E-state index in [-0.39, 0.29) is 11.1 Å². The maximum absolute atomic E-state index is 12.9. The van der Waals surface area contributed by atoms with Crippen LogP contribution in [0, 0.1) is 5.82 Å². The largest absolute Gasteiger partial charge is 0.492 e. The van der Waals surface area contributed by atoms with Gasteiger partial charge in [0, 0.05) is 19.2 Å². The van der Waals surface area contributed by atoms with E-state index in [0.29, 0.717) is 12.4 Å². The van der Waals surface area contributed by atoms with E-state index in [9.17, 15) is 4.39 Å². The summed E-state index contributed by atoms with van der Waals surface area (Å²) in [5, 5.41) is 3.32. The zero-order valence-corrected chi connectivity index (χ0v) is 12.2. The van der Waals surface area contributed by atoms with Gasteiger partial charge in [-0.2, -0.15) is 0 Å². The maximum atomic E-state index is 12.9. The van der Waals surface area contributed by atoms with Gasteiger partial charge in [-0.1, -0.05) is 11.6 Å². The van der Waals surface area contributed by atoms with Gasteiger partial charge in [0.05, 0.1) is 11.1 Å². The summed E-state index contributed by atoms with van der Waals surface area (Å²) in [5.74, 6) is 0.147. The van der Waals surface area contributed by atoms with Gasteiger partial charge in [-0.15, -0.1) is 0 Å². The van der Waals surface area contributed by atoms with E-state index in [1.807, 2.05) is 13.8 Å². The molecule has 1 aromatic carbocycles. The second kappa shape index (κ2) is 9.13. The third-order valence-corrected chi connectivity index (χ3v) is 2.68. The van der Waals surface area contributed by atoms with Crippen LogP contribution in [0.1, 0.15) is 20.3 Å². The van der Waals surface area contributed by atoms with Crippen molar-refractivity contribution in [3.63, 3.8) is 0 Å². The van der Waals surface area contributed by atoms with Gasteiger partial charge in [0.2, 0.25) is 0 Å². The van der Waals surface area contributed by atoms with Crippen LogP contribution in [0.15, 0.2) is 18.2 Å². The van der Waals surface area contributed by atoms with Crippen LogP contribution < -0.4 is 10.1 Å². The summed E-state index contributed by atoms with van der Waals surface area (Å²) in [5.41, 5.74) is 0. The summed E-state index contributed by atoms with van der Waals surface area (Å²) >= 11 is 5.65. The van der Waals surface area contributed by atoms with Crippen LogP contribution in [0.25, 0.3) is 0 Å². The zero-order valence-electron chi connectivity index (χ0n) is 11.4. The molecule has 5 heteroatoms. The third-order valence-electron chi connectivity index (χ3n) is 2.39. The molecule has 0 aliphatic carbocycles. The molecule has 3 nitrogen and oxygen atoms in total. The highest BCUT2D eigenvalue weighted by Gasteiger charge is 2.01. The predicted molar refractivity (Wildman–Crippen MR) is 75.5 cm³/mol. The number of halogens is 2. The first-order chi connectivity index (χ1) is 9.09. The molecule has 19 heavy (non-hydrogen) atoms. The van der Waals surface area contributed by atoms with E-state index in [1.165, 1.54) is 12.1 Å². The highest BCUT2D eigenvalue weighted by molar-refractivity contribution is 6.30. The molecule has 0 saturated carbocycles. The summed E-state index contributed by atoms with van der Waals surface area (Å²) in [6, 6.07) is 4.35. The van der Waals surface area contributed by atoms with Crippen LogP contribution in [0.2, 0.25) is 5.02 Å². The van der Waals surface area contributed by atoms with Gasteiger partial charge in [-0.25, -0.2) is 4.39 Å². The Labute approximate surface area is 119 Å². The lowest BCUT2D eigenvalue weighted by Gasteiger charge is -2.09. The molecule has 0 amide bonds. The Hall–Kier alpha value is -0.840. The van der Waals surface area contributed by atoms with Gasteiger partial charge in [-0.3, -0.25) is 0 Å². The molecule has 0 aliphatic rings. The monoisotopic (exact) mass is 289 g/mol. The van der Waals surface area contributed by atoms with E-state index >= 15 is 0 Å². The van der Waals surface area contributed by atoms with Crippen molar-refractivity contribution in [3.05, 3.63) is 29.0 Å². The van der Waals surface area contributed by atoms with Gasteiger partial charge in [0.25, 0.3) is 0 Å². The molecule has 0 spiro atoms. The van der Waals surface area contributed by atoms with Crippen LogP contribution >= 0.6 is 11.6 Å². The minimum Gasteiger partial charge on any atom is -0.492 e. The highest BCUT2D eigenvalue weighted by Crippen LogP contribution is 2.20. The Morgan fingerprint density at radius 3 is 2.74 bits per heavy atom. The van der Waals surface area contributed by atoms with Gasteiger partial charge >= 0.3 is 0 Å². The lowest BCUT2D eigenvalue weighted by Crippen LogP contribution is -2.23. The number of nitrogens with one attached hydrogen (secondary N) is 1. The first-order valence-corrected chi connectivity index (χ1v) is 6.87. The highest BCUT2D eigenvalue weighted by atomic mass is 35.5. The SMILES string of the molecule is CC(C)OCCCNCCOc1ccc(F)c(Cl)c1. The Balaban J connectivity index is 2.03. The summed E-state index contributed by atoms with van der Waals surface area (Å²) < 4.78 is 23.8. The van der Waals surface area contributed by atoms with E-state index in [1.54, 1.807) is 6.07 Å². The molecule has 1 rings (SSSR count). The fraction of sp³-hybridized carbons (Fsp3) is 0.571. The molecule has 0 atom stereocenters. The Morgan fingerprint density at radius 1 is 1.26 bits per heavy atom. The van der Waals surface area contributed by atoms with Crippen molar-refractivity contribution >= 4 is 11.6 Å². The van der Waals surface area contributed by atoms with E-state index in [2.05, 4.69) is 5.32 Å². The summed E-state index contributed by atoms with van der Waals surface area (Å²) in [7, 11) is 0. The van der Waals surface area contributed by atoms with Crippen molar-refractivity contribution in [1.82, 2.24) is 5.32 Å². The van der Waals surface area contributed by atoms with Crippen molar-refractivity contribution in [3.8, 4) is 5.75 Å². The van der Waals surface area contributed by atoms with Gasteiger partial charge < -0.3 is 14.8 Å². The van der Waals surface area contributed by atoms with Crippen molar-refractivity contribution in [2.24, 2.45) is 0 Å². The van der Waals surface area contributed by atoms with Crippen LogP contribution in [0.4, 0.5) is 4.39 Å². The average molecular weight is 290 g/mol. The molecule has 1 aromatic rings. The van der Waals surface area contributed by atoms with Crippen LogP contribution in [0.5, 0.6) is 5.75 Å². The van der Waals surface area contributed by atoms with Gasteiger partial charge in [-0.05, 0) is 38.9 Å². The summed E-state index contributed by atoms with van der Waals surface area (Å²) in [6.45, 7) is 6.95. The Morgan fingerprint density at radius 2 is 2.05 bits per heavy atom. The molecule has 108 valence electrons. The van der Waals surface area contributed by atoms with Gasteiger partial charge in [0.1, 0.15) is 18.2 Å². The van der Waals surface area contributed by atoms with Crippen LogP contribution in [-0.4, -0.2) is 32.4 Å². The molecule has 0 aromatic heterocycles. The molecule has 0 radical (unpaired) electrons. The van der Waals surface area contributed by atoms with Crippen molar-refractivity contribution in [1.29, 1.82) is 0 Å². The second-order valence-electron chi connectivity index (χ2n) is 4.45. The molecule has 0 unspecified atom stereocenters. The Kier molecular flexibility index (Phi) is 7.79. The average Bonchev–Trinajstić information content (AvgIpc) is 2.36. The minimum atomic E-state index is -0.433. The predicted octanol–water partition coefficient (Wildman–Crippen LogP) is 3.26. The molecular formula is C14H21ClFNO2. The molecular weight excluding hydrogens is 269 g/mol. The van der Waals surface area contributed by atoms with Crippen molar-refractivity contribution in [2.45, 2.75) is 26.4 Å². The van der Waals surface area contributed by atoms with Crippen molar-refractivity contribution in [2.75, 3.05) is 26.3 Å². The van der Waals surface area contributed by atoms with Crippen LogP contribution in [-0.2, 0) is 4.74 Å². The summed E-state index contributed by atoms with van der Waals surface area (Å²) in [6.07, 6.45) is 1.26. The molecule has 1 N–H and O–H groups in total. The fourth-order valence-electron chi connectivity index (χ4n) is 1.45. The topological polar surface area (TPSA) is 30.5 Å². The standard InChI is InChI=1S/C14H21ClFNO2/c1-11(2)18-8-3-6-17-7-9-19-12-4-5-14(16)13(15)10-12/h4-5,10-11,17H,3,6-9H2,1-2H3. The number of rotatable bonds is 9. The first-order valence-electron chi connectivity index (χ1n) is 6.49. The maximum Gasteiger partial charge on any atom is 0.142 e. The minimum absolute atomic E-state index is 0.0799. The zero-order chi connectivity index (χ0) is 14.1. The summed E-state index contributed by atoms with van der Waals surface area (Å²) in [4.78, 5) is 0. The molecule has 0 heterocycles.